The van der Waals surface area contributed by atoms with Gasteiger partial charge in [0, 0.05) is 18.6 Å². The SMILES string of the molecule is CCC(C)N1CC(CN)CC1C. The molecule has 1 fully saturated rings. The highest BCUT2D eigenvalue weighted by molar-refractivity contribution is 4.85. The first kappa shape index (κ1) is 10.0. The molecule has 0 aliphatic carbocycles. The number of rotatable bonds is 3. The van der Waals surface area contributed by atoms with E-state index in [9.17, 15) is 0 Å². The molecule has 3 atom stereocenters. The Labute approximate surface area is 76.1 Å². The van der Waals surface area contributed by atoms with Crippen molar-refractivity contribution in [1.29, 1.82) is 0 Å². The molecule has 0 amide bonds. The van der Waals surface area contributed by atoms with Gasteiger partial charge in [0.1, 0.15) is 0 Å². The van der Waals surface area contributed by atoms with Crippen molar-refractivity contribution in [2.75, 3.05) is 13.1 Å². The summed E-state index contributed by atoms with van der Waals surface area (Å²) in [4.78, 5) is 2.59. The quantitative estimate of drug-likeness (QED) is 0.694. The Morgan fingerprint density at radius 3 is 2.67 bits per heavy atom. The topological polar surface area (TPSA) is 29.3 Å². The third-order valence-corrected chi connectivity index (χ3v) is 3.20. The third-order valence-electron chi connectivity index (χ3n) is 3.20. The summed E-state index contributed by atoms with van der Waals surface area (Å²) in [5.41, 5.74) is 5.67. The minimum absolute atomic E-state index is 0.733. The first-order valence-corrected chi connectivity index (χ1v) is 5.14. The molecule has 0 bridgehead atoms. The molecule has 1 aliphatic rings. The van der Waals surface area contributed by atoms with Gasteiger partial charge in [0.2, 0.25) is 0 Å². The molecule has 2 heteroatoms. The number of nitrogens with two attached hydrogens (primary N) is 1. The number of hydrogen-bond donors (Lipinski definition) is 1. The van der Waals surface area contributed by atoms with E-state index in [-0.39, 0.29) is 0 Å². The largest absolute Gasteiger partial charge is 0.330 e. The second-order valence-electron chi connectivity index (χ2n) is 4.14. The molecule has 1 aliphatic heterocycles. The summed E-state index contributed by atoms with van der Waals surface area (Å²) in [5.74, 6) is 0.744. The number of hydrogen-bond acceptors (Lipinski definition) is 2. The standard InChI is InChI=1S/C10H22N2/c1-4-8(2)12-7-10(6-11)5-9(12)3/h8-10H,4-7,11H2,1-3H3. The van der Waals surface area contributed by atoms with Gasteiger partial charge < -0.3 is 5.73 Å². The van der Waals surface area contributed by atoms with Crippen LogP contribution in [0, 0.1) is 5.92 Å². The normalized spacial score (nSPS) is 34.0. The van der Waals surface area contributed by atoms with Crippen LogP contribution in [0.4, 0.5) is 0 Å². The molecule has 0 radical (unpaired) electrons. The van der Waals surface area contributed by atoms with Gasteiger partial charge in [0.15, 0.2) is 0 Å². The zero-order chi connectivity index (χ0) is 9.14. The molecule has 0 aromatic rings. The van der Waals surface area contributed by atoms with E-state index < -0.39 is 0 Å². The molecule has 0 saturated carbocycles. The molecule has 0 aromatic heterocycles. The molecule has 1 saturated heterocycles. The maximum absolute atomic E-state index is 5.67. The van der Waals surface area contributed by atoms with E-state index >= 15 is 0 Å². The van der Waals surface area contributed by atoms with Crippen molar-refractivity contribution in [2.45, 2.75) is 45.7 Å². The molecule has 1 rings (SSSR count). The highest BCUT2D eigenvalue weighted by atomic mass is 15.2. The van der Waals surface area contributed by atoms with Crippen LogP contribution >= 0.6 is 0 Å². The van der Waals surface area contributed by atoms with Gasteiger partial charge >= 0.3 is 0 Å². The molecule has 0 aromatic carbocycles. The monoisotopic (exact) mass is 170 g/mol. The maximum Gasteiger partial charge on any atom is 0.00734 e. The lowest BCUT2D eigenvalue weighted by molar-refractivity contribution is 0.194. The average molecular weight is 170 g/mol. The van der Waals surface area contributed by atoms with E-state index in [0.717, 1.165) is 24.5 Å². The number of likely N-dealkylation sites (tertiary alicyclic amines) is 1. The lowest BCUT2D eigenvalue weighted by Crippen LogP contribution is -2.35. The first-order chi connectivity index (χ1) is 5.69. The van der Waals surface area contributed by atoms with Gasteiger partial charge in [-0.05, 0) is 39.2 Å². The summed E-state index contributed by atoms with van der Waals surface area (Å²) < 4.78 is 0. The molecule has 2 nitrogen and oxygen atoms in total. The molecule has 12 heavy (non-hydrogen) atoms. The zero-order valence-corrected chi connectivity index (χ0v) is 8.59. The second-order valence-corrected chi connectivity index (χ2v) is 4.14. The molecule has 72 valence electrons. The molecule has 0 spiro atoms. The Balaban J connectivity index is 2.45. The molecular formula is C10H22N2. The minimum atomic E-state index is 0.733. The van der Waals surface area contributed by atoms with E-state index in [1.807, 2.05) is 0 Å². The zero-order valence-electron chi connectivity index (χ0n) is 8.59. The van der Waals surface area contributed by atoms with Crippen molar-refractivity contribution < 1.29 is 0 Å². The van der Waals surface area contributed by atoms with Crippen LogP contribution in [0.1, 0.15) is 33.6 Å². The predicted octanol–water partition coefficient (Wildman–Crippen LogP) is 1.45. The van der Waals surface area contributed by atoms with Crippen LogP contribution in [-0.2, 0) is 0 Å². The van der Waals surface area contributed by atoms with Gasteiger partial charge in [0.05, 0.1) is 0 Å². The van der Waals surface area contributed by atoms with Gasteiger partial charge in [-0.15, -0.1) is 0 Å². The van der Waals surface area contributed by atoms with E-state index in [2.05, 4.69) is 25.7 Å². The molecule has 2 N–H and O–H groups in total. The summed E-state index contributed by atoms with van der Waals surface area (Å²) in [5, 5.41) is 0. The van der Waals surface area contributed by atoms with Crippen LogP contribution in [0.5, 0.6) is 0 Å². The van der Waals surface area contributed by atoms with Crippen LogP contribution in [0.3, 0.4) is 0 Å². The molecule has 3 unspecified atom stereocenters. The highest BCUT2D eigenvalue weighted by Gasteiger charge is 2.30. The summed E-state index contributed by atoms with van der Waals surface area (Å²) in [6.45, 7) is 8.97. The van der Waals surface area contributed by atoms with Crippen molar-refractivity contribution in [3.05, 3.63) is 0 Å². The first-order valence-electron chi connectivity index (χ1n) is 5.14. The van der Waals surface area contributed by atoms with Crippen LogP contribution < -0.4 is 5.73 Å². The van der Waals surface area contributed by atoms with Crippen LogP contribution in [0.2, 0.25) is 0 Å². The van der Waals surface area contributed by atoms with Gasteiger partial charge in [-0.2, -0.15) is 0 Å². The highest BCUT2D eigenvalue weighted by Crippen LogP contribution is 2.24. The van der Waals surface area contributed by atoms with Crippen LogP contribution in [-0.4, -0.2) is 30.1 Å². The Hall–Kier alpha value is -0.0800. The van der Waals surface area contributed by atoms with Crippen LogP contribution in [0.15, 0.2) is 0 Å². The summed E-state index contributed by atoms with van der Waals surface area (Å²) in [6, 6.07) is 1.48. The smallest absolute Gasteiger partial charge is 0.00734 e. The molecular weight excluding hydrogens is 148 g/mol. The van der Waals surface area contributed by atoms with Gasteiger partial charge in [-0.25, -0.2) is 0 Å². The number of nitrogens with zero attached hydrogens (tertiary/aromatic N) is 1. The van der Waals surface area contributed by atoms with Crippen molar-refractivity contribution in [2.24, 2.45) is 11.7 Å². The second kappa shape index (κ2) is 4.24. The van der Waals surface area contributed by atoms with E-state index in [1.165, 1.54) is 19.4 Å². The average Bonchev–Trinajstić information content (AvgIpc) is 2.45. The van der Waals surface area contributed by atoms with Crippen molar-refractivity contribution in [3.63, 3.8) is 0 Å². The van der Waals surface area contributed by atoms with E-state index in [0.29, 0.717) is 0 Å². The van der Waals surface area contributed by atoms with Crippen molar-refractivity contribution in [3.8, 4) is 0 Å². The maximum atomic E-state index is 5.67. The third kappa shape index (κ3) is 1.99. The van der Waals surface area contributed by atoms with Crippen molar-refractivity contribution >= 4 is 0 Å². The van der Waals surface area contributed by atoms with E-state index in [4.69, 9.17) is 5.73 Å². The van der Waals surface area contributed by atoms with Crippen molar-refractivity contribution in [1.82, 2.24) is 4.90 Å². The van der Waals surface area contributed by atoms with Crippen LogP contribution in [0.25, 0.3) is 0 Å². The summed E-state index contributed by atoms with van der Waals surface area (Å²) >= 11 is 0. The Kier molecular flexibility index (Phi) is 3.53. The Morgan fingerprint density at radius 2 is 2.25 bits per heavy atom. The predicted molar refractivity (Wildman–Crippen MR) is 53.1 cm³/mol. The van der Waals surface area contributed by atoms with Gasteiger partial charge in [-0.1, -0.05) is 6.92 Å². The lowest BCUT2D eigenvalue weighted by atomic mass is 10.1. The van der Waals surface area contributed by atoms with E-state index in [1.54, 1.807) is 0 Å². The van der Waals surface area contributed by atoms with Gasteiger partial charge in [-0.3, -0.25) is 4.90 Å². The lowest BCUT2D eigenvalue weighted by Gasteiger charge is -2.27. The fourth-order valence-electron chi connectivity index (χ4n) is 2.19. The fraction of sp³-hybridized carbons (Fsp3) is 1.00. The minimum Gasteiger partial charge on any atom is -0.330 e. The molecule has 1 heterocycles. The fourth-order valence-corrected chi connectivity index (χ4v) is 2.19. The summed E-state index contributed by atoms with van der Waals surface area (Å²) in [7, 11) is 0. The summed E-state index contributed by atoms with van der Waals surface area (Å²) in [6.07, 6.45) is 2.54. The Bertz CT molecular complexity index is 136. The van der Waals surface area contributed by atoms with Gasteiger partial charge in [0.25, 0.3) is 0 Å². The Morgan fingerprint density at radius 1 is 1.58 bits per heavy atom.